The molecular formula is C11H20N2O2. The Morgan fingerprint density at radius 1 is 1.53 bits per heavy atom. The molecule has 0 aromatic rings. The minimum Gasteiger partial charge on any atom is -0.394 e. The van der Waals surface area contributed by atoms with E-state index in [1.165, 1.54) is 6.42 Å². The molecule has 0 spiro atoms. The average molecular weight is 212 g/mol. The van der Waals surface area contributed by atoms with Crippen LogP contribution in [0.5, 0.6) is 0 Å². The number of nitrogens with one attached hydrogen (secondary N) is 2. The van der Waals surface area contributed by atoms with Crippen LogP contribution in [0, 0.1) is 5.92 Å². The van der Waals surface area contributed by atoms with Gasteiger partial charge >= 0.3 is 0 Å². The van der Waals surface area contributed by atoms with Crippen molar-refractivity contribution in [1.29, 1.82) is 0 Å². The number of hydrogen-bond donors (Lipinski definition) is 3. The Morgan fingerprint density at radius 2 is 2.33 bits per heavy atom. The first kappa shape index (κ1) is 10.9. The predicted molar refractivity (Wildman–Crippen MR) is 57.4 cm³/mol. The van der Waals surface area contributed by atoms with Crippen molar-refractivity contribution in [2.75, 3.05) is 19.7 Å². The minimum atomic E-state index is -0.245. The molecule has 86 valence electrons. The van der Waals surface area contributed by atoms with Crippen LogP contribution in [-0.2, 0) is 4.79 Å². The van der Waals surface area contributed by atoms with Gasteiger partial charge in [-0.1, -0.05) is 0 Å². The molecule has 1 aliphatic carbocycles. The zero-order chi connectivity index (χ0) is 10.7. The molecule has 4 heteroatoms. The normalized spacial score (nSPS) is 27.7. The predicted octanol–water partition coefficient (Wildman–Crippen LogP) is 0.0172. The molecule has 0 bridgehead atoms. The zero-order valence-electron chi connectivity index (χ0n) is 9.09. The molecule has 0 aromatic heterocycles. The van der Waals surface area contributed by atoms with Gasteiger partial charge in [-0.05, 0) is 44.7 Å². The second kappa shape index (κ2) is 4.49. The summed E-state index contributed by atoms with van der Waals surface area (Å²) in [5, 5.41) is 15.3. The highest BCUT2D eigenvalue weighted by Gasteiger charge is 2.43. The molecule has 2 aliphatic rings. The van der Waals surface area contributed by atoms with E-state index < -0.39 is 0 Å². The molecule has 1 aliphatic heterocycles. The molecule has 1 saturated carbocycles. The van der Waals surface area contributed by atoms with Gasteiger partial charge in [-0.25, -0.2) is 0 Å². The maximum absolute atomic E-state index is 11.6. The molecule has 1 atom stereocenters. The first-order valence-corrected chi connectivity index (χ1v) is 5.87. The number of rotatable bonds is 5. The summed E-state index contributed by atoms with van der Waals surface area (Å²) < 4.78 is 0. The van der Waals surface area contributed by atoms with Gasteiger partial charge in [-0.15, -0.1) is 0 Å². The van der Waals surface area contributed by atoms with Crippen molar-refractivity contribution in [3.8, 4) is 0 Å². The van der Waals surface area contributed by atoms with E-state index in [0.29, 0.717) is 12.3 Å². The van der Waals surface area contributed by atoms with Crippen LogP contribution >= 0.6 is 0 Å². The molecule has 1 saturated heterocycles. The number of aliphatic hydroxyl groups is 1. The molecule has 1 heterocycles. The van der Waals surface area contributed by atoms with E-state index >= 15 is 0 Å². The highest BCUT2D eigenvalue weighted by Crippen LogP contribution is 2.34. The van der Waals surface area contributed by atoms with Crippen molar-refractivity contribution in [2.45, 2.75) is 37.6 Å². The van der Waals surface area contributed by atoms with E-state index in [2.05, 4.69) is 10.6 Å². The van der Waals surface area contributed by atoms with E-state index in [4.69, 9.17) is 5.11 Å². The lowest BCUT2D eigenvalue weighted by Gasteiger charge is -2.15. The van der Waals surface area contributed by atoms with Gasteiger partial charge in [0.1, 0.15) is 0 Å². The Balaban J connectivity index is 1.64. The van der Waals surface area contributed by atoms with Crippen LogP contribution in [0.25, 0.3) is 0 Å². The van der Waals surface area contributed by atoms with Gasteiger partial charge in [0, 0.05) is 6.42 Å². The molecule has 4 nitrogen and oxygen atoms in total. The first-order valence-electron chi connectivity index (χ1n) is 5.87. The Hall–Kier alpha value is -0.610. The standard InChI is InChI=1S/C11H20N2O2/c14-8-11(4-5-11)13-10(15)2-1-9-3-6-12-7-9/h9,12,14H,1-8H2,(H,13,15). The Kier molecular flexibility index (Phi) is 3.26. The summed E-state index contributed by atoms with van der Waals surface area (Å²) in [5.74, 6) is 0.772. The van der Waals surface area contributed by atoms with E-state index in [-0.39, 0.29) is 18.1 Å². The van der Waals surface area contributed by atoms with Crippen LogP contribution in [0.3, 0.4) is 0 Å². The third kappa shape index (κ3) is 2.92. The van der Waals surface area contributed by atoms with E-state index in [1.54, 1.807) is 0 Å². The van der Waals surface area contributed by atoms with Crippen LogP contribution in [0.1, 0.15) is 32.1 Å². The van der Waals surface area contributed by atoms with Crippen molar-refractivity contribution < 1.29 is 9.90 Å². The molecule has 2 rings (SSSR count). The lowest BCUT2D eigenvalue weighted by Crippen LogP contribution is -2.39. The largest absolute Gasteiger partial charge is 0.394 e. The second-order valence-electron chi connectivity index (χ2n) is 4.88. The lowest BCUT2D eigenvalue weighted by atomic mass is 10.0. The van der Waals surface area contributed by atoms with Crippen molar-refractivity contribution in [3.63, 3.8) is 0 Å². The van der Waals surface area contributed by atoms with Gasteiger partial charge in [0.2, 0.25) is 5.91 Å². The zero-order valence-corrected chi connectivity index (χ0v) is 9.09. The fourth-order valence-corrected chi connectivity index (χ4v) is 2.13. The molecule has 3 N–H and O–H groups in total. The van der Waals surface area contributed by atoms with Gasteiger partial charge in [-0.3, -0.25) is 4.79 Å². The highest BCUT2D eigenvalue weighted by molar-refractivity contribution is 5.77. The van der Waals surface area contributed by atoms with Crippen molar-refractivity contribution in [2.24, 2.45) is 5.92 Å². The van der Waals surface area contributed by atoms with Gasteiger partial charge in [-0.2, -0.15) is 0 Å². The third-order valence-electron chi connectivity index (χ3n) is 3.50. The third-order valence-corrected chi connectivity index (χ3v) is 3.50. The maximum atomic E-state index is 11.6. The smallest absolute Gasteiger partial charge is 0.220 e. The molecule has 1 amide bonds. The summed E-state index contributed by atoms with van der Waals surface area (Å²) in [6, 6.07) is 0. The molecule has 1 unspecified atom stereocenters. The number of amides is 1. The Bertz CT molecular complexity index is 233. The first-order chi connectivity index (χ1) is 7.24. The van der Waals surface area contributed by atoms with Crippen LogP contribution in [0.15, 0.2) is 0 Å². The Labute approximate surface area is 90.4 Å². The summed E-state index contributed by atoms with van der Waals surface area (Å²) in [6.07, 6.45) is 4.63. The molecule has 2 fully saturated rings. The summed E-state index contributed by atoms with van der Waals surface area (Å²) in [4.78, 5) is 11.6. The molecule has 0 aromatic carbocycles. The summed E-state index contributed by atoms with van der Waals surface area (Å²) in [5.41, 5.74) is -0.245. The van der Waals surface area contributed by atoms with Gasteiger partial charge in [0.15, 0.2) is 0 Å². The summed E-state index contributed by atoms with van der Waals surface area (Å²) in [7, 11) is 0. The second-order valence-corrected chi connectivity index (χ2v) is 4.88. The number of carbonyl (C=O) groups excluding carboxylic acids is 1. The van der Waals surface area contributed by atoms with Crippen molar-refractivity contribution in [1.82, 2.24) is 10.6 Å². The number of hydrogen-bond acceptors (Lipinski definition) is 3. The van der Waals surface area contributed by atoms with Gasteiger partial charge < -0.3 is 15.7 Å². The lowest BCUT2D eigenvalue weighted by molar-refractivity contribution is -0.122. The highest BCUT2D eigenvalue weighted by atomic mass is 16.3. The molecule has 0 radical (unpaired) electrons. The number of aliphatic hydroxyl groups excluding tert-OH is 1. The topological polar surface area (TPSA) is 61.4 Å². The van der Waals surface area contributed by atoms with E-state index in [0.717, 1.165) is 32.4 Å². The van der Waals surface area contributed by atoms with E-state index in [9.17, 15) is 4.79 Å². The quantitative estimate of drug-likeness (QED) is 0.602. The number of carbonyl (C=O) groups is 1. The monoisotopic (exact) mass is 212 g/mol. The SMILES string of the molecule is O=C(CCC1CCNC1)NC1(CO)CC1. The maximum Gasteiger partial charge on any atom is 0.220 e. The van der Waals surface area contributed by atoms with Crippen molar-refractivity contribution in [3.05, 3.63) is 0 Å². The van der Waals surface area contributed by atoms with Crippen molar-refractivity contribution >= 4 is 5.91 Å². The fourth-order valence-electron chi connectivity index (χ4n) is 2.13. The van der Waals surface area contributed by atoms with Crippen LogP contribution in [0.2, 0.25) is 0 Å². The minimum absolute atomic E-state index is 0.0870. The van der Waals surface area contributed by atoms with E-state index in [1.807, 2.05) is 0 Å². The fraction of sp³-hybridized carbons (Fsp3) is 0.909. The van der Waals surface area contributed by atoms with Crippen LogP contribution in [-0.4, -0.2) is 36.2 Å². The summed E-state index contributed by atoms with van der Waals surface area (Å²) in [6.45, 7) is 2.23. The summed E-state index contributed by atoms with van der Waals surface area (Å²) >= 11 is 0. The van der Waals surface area contributed by atoms with Crippen LogP contribution in [0.4, 0.5) is 0 Å². The van der Waals surface area contributed by atoms with Gasteiger partial charge in [0.05, 0.1) is 12.1 Å². The molecular weight excluding hydrogens is 192 g/mol. The average Bonchev–Trinajstić information content (AvgIpc) is 2.80. The Morgan fingerprint density at radius 3 is 2.87 bits per heavy atom. The van der Waals surface area contributed by atoms with Gasteiger partial charge in [0.25, 0.3) is 0 Å². The molecule has 15 heavy (non-hydrogen) atoms. The van der Waals surface area contributed by atoms with Crippen LogP contribution < -0.4 is 10.6 Å².